The number of hydrogen-bond acceptors (Lipinski definition) is 4. The molecule has 1 saturated carbocycles. The molecule has 25 heavy (non-hydrogen) atoms. The van der Waals surface area contributed by atoms with Crippen LogP contribution in [0.15, 0.2) is 30.9 Å². The molecule has 0 unspecified atom stereocenters. The molecule has 1 aromatic carbocycles. The summed E-state index contributed by atoms with van der Waals surface area (Å²) in [4.78, 5) is 12.1. The Hall–Kier alpha value is -2.96. The second-order valence-corrected chi connectivity index (χ2v) is 5.83. The number of methoxy groups -OCH3 is 2. The minimum atomic E-state index is -0.295. The Morgan fingerprint density at radius 2 is 2.20 bits per heavy atom. The number of H-pyrrole nitrogens is 1. The van der Waals surface area contributed by atoms with Crippen molar-refractivity contribution in [1.82, 2.24) is 15.5 Å². The normalized spacial score (nSPS) is 13.2. The van der Waals surface area contributed by atoms with Crippen molar-refractivity contribution in [3.63, 3.8) is 0 Å². The van der Waals surface area contributed by atoms with Gasteiger partial charge >= 0.3 is 6.03 Å². The molecule has 7 nitrogen and oxygen atoms in total. The number of ether oxygens (including phenoxy) is 2. The zero-order valence-corrected chi connectivity index (χ0v) is 14.4. The number of rotatable bonds is 7. The molecule has 1 aliphatic carbocycles. The van der Waals surface area contributed by atoms with Crippen LogP contribution >= 0.6 is 0 Å². The number of nitrogens with one attached hydrogen (secondary N) is 3. The maximum absolute atomic E-state index is 12.1. The highest BCUT2D eigenvalue weighted by molar-refractivity contribution is 5.95. The van der Waals surface area contributed by atoms with Crippen molar-refractivity contribution in [2.24, 2.45) is 0 Å². The number of hydrogen-bond donors (Lipinski definition) is 3. The van der Waals surface area contributed by atoms with E-state index in [1.165, 1.54) is 0 Å². The Balaban J connectivity index is 1.98. The van der Waals surface area contributed by atoms with E-state index in [0.29, 0.717) is 35.3 Å². The topological polar surface area (TPSA) is 88.3 Å². The number of aromatic amines is 1. The number of benzene rings is 1. The standard InChI is InChI=1S/C18H22N4O3/c1-4-9-19-18(23)20-17-15(11-5-6-11)21-22-16(17)13-8-7-12(24-2)10-14(13)25-3/h4,7-8,10-11H,1,5-6,9H2,2-3H3,(H,21,22)(H2,19,20,23). The summed E-state index contributed by atoms with van der Waals surface area (Å²) in [7, 11) is 3.20. The average molecular weight is 342 g/mol. The first kappa shape index (κ1) is 16.9. The first-order valence-electron chi connectivity index (χ1n) is 8.14. The molecule has 1 heterocycles. The third-order valence-electron chi connectivity index (χ3n) is 4.09. The molecule has 0 bridgehead atoms. The van der Waals surface area contributed by atoms with Crippen molar-refractivity contribution >= 4 is 11.7 Å². The molecule has 3 rings (SSSR count). The van der Waals surface area contributed by atoms with Crippen LogP contribution in [0.3, 0.4) is 0 Å². The number of carbonyl (C=O) groups is 1. The number of amides is 2. The third kappa shape index (κ3) is 3.60. The van der Waals surface area contributed by atoms with Crippen LogP contribution in [0, 0.1) is 0 Å². The van der Waals surface area contributed by atoms with E-state index in [2.05, 4.69) is 27.4 Å². The maximum Gasteiger partial charge on any atom is 0.319 e. The zero-order valence-electron chi connectivity index (χ0n) is 14.4. The molecule has 7 heteroatoms. The minimum absolute atomic E-state index is 0.295. The van der Waals surface area contributed by atoms with Gasteiger partial charge < -0.3 is 20.1 Å². The second-order valence-electron chi connectivity index (χ2n) is 5.83. The summed E-state index contributed by atoms with van der Waals surface area (Å²) in [5.74, 6) is 1.72. The highest BCUT2D eigenvalue weighted by Gasteiger charge is 2.31. The van der Waals surface area contributed by atoms with Crippen molar-refractivity contribution < 1.29 is 14.3 Å². The number of nitrogens with zero attached hydrogens (tertiary/aromatic N) is 1. The van der Waals surface area contributed by atoms with Crippen LogP contribution in [0.2, 0.25) is 0 Å². The van der Waals surface area contributed by atoms with Crippen LogP contribution in [0.4, 0.5) is 10.5 Å². The summed E-state index contributed by atoms with van der Waals surface area (Å²) in [6.07, 6.45) is 3.80. The summed E-state index contributed by atoms with van der Waals surface area (Å²) >= 11 is 0. The van der Waals surface area contributed by atoms with Crippen LogP contribution in [0.25, 0.3) is 11.3 Å². The van der Waals surface area contributed by atoms with Crippen molar-refractivity contribution in [2.75, 3.05) is 26.1 Å². The van der Waals surface area contributed by atoms with Gasteiger partial charge in [0.05, 0.1) is 25.6 Å². The van der Waals surface area contributed by atoms with Crippen LogP contribution in [-0.2, 0) is 0 Å². The van der Waals surface area contributed by atoms with E-state index in [4.69, 9.17) is 9.47 Å². The van der Waals surface area contributed by atoms with E-state index in [9.17, 15) is 4.79 Å². The lowest BCUT2D eigenvalue weighted by Gasteiger charge is -2.12. The Morgan fingerprint density at radius 3 is 2.84 bits per heavy atom. The van der Waals surface area contributed by atoms with Crippen LogP contribution in [0.5, 0.6) is 11.5 Å². The monoisotopic (exact) mass is 342 g/mol. The molecule has 1 aliphatic rings. The average Bonchev–Trinajstić information content (AvgIpc) is 3.40. The van der Waals surface area contributed by atoms with Crippen molar-refractivity contribution in [3.8, 4) is 22.8 Å². The molecule has 0 radical (unpaired) electrons. The number of carbonyl (C=O) groups excluding carboxylic acids is 1. The predicted octanol–water partition coefficient (Wildman–Crippen LogP) is 3.28. The van der Waals surface area contributed by atoms with Gasteiger partial charge in [-0.3, -0.25) is 5.10 Å². The summed E-state index contributed by atoms with van der Waals surface area (Å²) in [6.45, 7) is 3.99. The summed E-state index contributed by atoms with van der Waals surface area (Å²) in [6, 6.07) is 5.21. The molecule has 3 N–H and O–H groups in total. The van der Waals surface area contributed by atoms with Crippen LogP contribution in [-0.4, -0.2) is 37.0 Å². The smallest absolute Gasteiger partial charge is 0.319 e. The zero-order chi connectivity index (χ0) is 17.8. The molecule has 2 aromatic rings. The Bertz CT molecular complexity index is 781. The van der Waals surface area contributed by atoms with Gasteiger partial charge in [-0.15, -0.1) is 6.58 Å². The molecule has 132 valence electrons. The number of urea groups is 1. The van der Waals surface area contributed by atoms with E-state index < -0.39 is 0 Å². The molecule has 0 spiro atoms. The first-order valence-corrected chi connectivity index (χ1v) is 8.14. The minimum Gasteiger partial charge on any atom is -0.497 e. The molecule has 2 amide bonds. The molecule has 1 aromatic heterocycles. The summed E-state index contributed by atoms with van der Waals surface area (Å²) in [5.41, 5.74) is 3.06. The van der Waals surface area contributed by atoms with E-state index in [1.807, 2.05) is 12.1 Å². The van der Waals surface area contributed by atoms with E-state index in [-0.39, 0.29) is 6.03 Å². The molecule has 0 aliphatic heterocycles. The van der Waals surface area contributed by atoms with Crippen molar-refractivity contribution in [1.29, 1.82) is 0 Å². The largest absolute Gasteiger partial charge is 0.497 e. The van der Waals surface area contributed by atoms with E-state index >= 15 is 0 Å². The second kappa shape index (κ2) is 7.29. The Morgan fingerprint density at radius 1 is 1.40 bits per heavy atom. The SMILES string of the molecule is C=CCNC(=O)Nc1c(-c2ccc(OC)cc2OC)n[nH]c1C1CC1. The Labute approximate surface area is 146 Å². The highest BCUT2D eigenvalue weighted by Crippen LogP contribution is 2.46. The molecular weight excluding hydrogens is 320 g/mol. The highest BCUT2D eigenvalue weighted by atomic mass is 16.5. The van der Waals surface area contributed by atoms with Gasteiger partial charge in [0.2, 0.25) is 0 Å². The van der Waals surface area contributed by atoms with Gasteiger partial charge in [0.25, 0.3) is 0 Å². The lowest BCUT2D eigenvalue weighted by molar-refractivity contribution is 0.253. The van der Waals surface area contributed by atoms with Crippen LogP contribution in [0.1, 0.15) is 24.5 Å². The lowest BCUT2D eigenvalue weighted by atomic mass is 10.1. The fourth-order valence-corrected chi connectivity index (χ4v) is 2.66. The summed E-state index contributed by atoms with van der Waals surface area (Å²) in [5, 5.41) is 13.2. The molecule has 1 fully saturated rings. The first-order chi connectivity index (χ1) is 12.2. The van der Waals surface area contributed by atoms with Crippen LogP contribution < -0.4 is 20.1 Å². The molecular formula is C18H22N4O3. The summed E-state index contributed by atoms with van der Waals surface area (Å²) < 4.78 is 10.7. The number of aromatic nitrogens is 2. The maximum atomic E-state index is 12.1. The van der Waals surface area contributed by atoms with Gasteiger partial charge in [-0.05, 0) is 25.0 Å². The van der Waals surface area contributed by atoms with Gasteiger partial charge in [-0.1, -0.05) is 6.08 Å². The van der Waals surface area contributed by atoms with Crippen molar-refractivity contribution in [3.05, 3.63) is 36.5 Å². The van der Waals surface area contributed by atoms with Gasteiger partial charge in [0, 0.05) is 24.1 Å². The molecule has 0 atom stereocenters. The lowest BCUT2D eigenvalue weighted by Crippen LogP contribution is -2.29. The van der Waals surface area contributed by atoms with Gasteiger partial charge in [-0.25, -0.2) is 4.79 Å². The van der Waals surface area contributed by atoms with Gasteiger partial charge in [0.15, 0.2) is 0 Å². The van der Waals surface area contributed by atoms with E-state index in [1.54, 1.807) is 26.4 Å². The Kier molecular flexibility index (Phi) is 4.92. The van der Waals surface area contributed by atoms with Gasteiger partial charge in [-0.2, -0.15) is 5.10 Å². The predicted molar refractivity (Wildman–Crippen MR) is 96.3 cm³/mol. The fraction of sp³-hybridized carbons (Fsp3) is 0.333. The quantitative estimate of drug-likeness (QED) is 0.674. The fourth-order valence-electron chi connectivity index (χ4n) is 2.66. The van der Waals surface area contributed by atoms with Crippen molar-refractivity contribution in [2.45, 2.75) is 18.8 Å². The van der Waals surface area contributed by atoms with Gasteiger partial charge in [0.1, 0.15) is 17.2 Å². The molecule has 0 saturated heterocycles. The third-order valence-corrected chi connectivity index (χ3v) is 4.09. The van der Waals surface area contributed by atoms with E-state index in [0.717, 1.165) is 24.1 Å². The number of anilines is 1.